The van der Waals surface area contributed by atoms with E-state index in [-0.39, 0.29) is 29.5 Å². The number of halogens is 3. The Labute approximate surface area is 217 Å². The van der Waals surface area contributed by atoms with E-state index in [1.54, 1.807) is 54.1 Å². The molecule has 1 heterocycles. The van der Waals surface area contributed by atoms with Gasteiger partial charge in [0.15, 0.2) is 11.0 Å². The van der Waals surface area contributed by atoms with Crippen LogP contribution < -0.4 is 10.6 Å². The molecule has 2 aromatic carbocycles. The van der Waals surface area contributed by atoms with E-state index in [0.717, 1.165) is 0 Å². The largest absolute Gasteiger partial charge is 0.342 e. The number of amides is 2. The molecule has 0 saturated carbocycles. The maximum atomic E-state index is 12.9. The molecule has 0 aliphatic heterocycles. The van der Waals surface area contributed by atoms with Crippen molar-refractivity contribution in [2.24, 2.45) is 13.0 Å². The molecule has 3 rings (SSSR count). The summed E-state index contributed by atoms with van der Waals surface area (Å²) in [7, 11) is 1.80. The van der Waals surface area contributed by atoms with Gasteiger partial charge >= 0.3 is 0 Å². The average molecular weight is 541 g/mol. The second kappa shape index (κ2) is 11.9. The van der Waals surface area contributed by atoms with E-state index in [4.69, 9.17) is 34.8 Å². The van der Waals surface area contributed by atoms with E-state index >= 15 is 0 Å². The predicted octanol–water partition coefficient (Wildman–Crippen LogP) is 6.02. The fourth-order valence-corrected chi connectivity index (χ4v) is 4.52. The van der Waals surface area contributed by atoms with E-state index < -0.39 is 0 Å². The minimum atomic E-state index is -0.380. The van der Waals surface area contributed by atoms with Crippen molar-refractivity contribution < 1.29 is 9.59 Å². The van der Waals surface area contributed by atoms with Gasteiger partial charge in [0.05, 0.1) is 33.1 Å². The number of thioether (sulfide) groups is 1. The Bertz CT molecular complexity index is 1190. The smallest absolute Gasteiger partial charge is 0.253 e. The highest BCUT2D eigenvalue weighted by Crippen LogP contribution is 2.27. The van der Waals surface area contributed by atoms with Crippen LogP contribution >= 0.6 is 46.6 Å². The van der Waals surface area contributed by atoms with Crippen LogP contribution in [0, 0.1) is 5.92 Å². The standard InChI is InChI=1S/C23H24Cl3N5O2S/c1-13(2)10-19(28-22(33)15-6-4-5-7-16(15)25)21-29-30-23(31(21)3)34-12-20(32)27-18-11-14(24)8-9-17(18)26/h4-9,11,13,19H,10,12H2,1-3H3,(H,27,32)(H,28,33)/t19-/m0/s1. The van der Waals surface area contributed by atoms with Crippen LogP contribution in [0.2, 0.25) is 15.1 Å². The van der Waals surface area contributed by atoms with Crippen LogP contribution in [0.5, 0.6) is 0 Å². The van der Waals surface area contributed by atoms with E-state index in [0.29, 0.717) is 43.7 Å². The van der Waals surface area contributed by atoms with Gasteiger partial charge in [0.1, 0.15) is 0 Å². The summed E-state index contributed by atoms with van der Waals surface area (Å²) in [6.45, 7) is 4.12. The summed E-state index contributed by atoms with van der Waals surface area (Å²) >= 11 is 19.5. The van der Waals surface area contributed by atoms with Gasteiger partial charge in [-0.15, -0.1) is 10.2 Å². The molecule has 1 aromatic heterocycles. The number of aromatic nitrogens is 3. The van der Waals surface area contributed by atoms with Gasteiger partial charge in [0, 0.05) is 12.1 Å². The molecule has 2 N–H and O–H groups in total. The number of carbonyl (C=O) groups excluding carboxylic acids is 2. The first-order valence-corrected chi connectivity index (χ1v) is 12.6. The maximum absolute atomic E-state index is 12.9. The van der Waals surface area contributed by atoms with Gasteiger partial charge < -0.3 is 15.2 Å². The molecular weight excluding hydrogens is 517 g/mol. The van der Waals surface area contributed by atoms with Crippen LogP contribution in [-0.4, -0.2) is 32.3 Å². The Balaban J connectivity index is 1.70. The molecule has 34 heavy (non-hydrogen) atoms. The molecular formula is C23H24Cl3N5O2S. The molecule has 180 valence electrons. The molecule has 0 fully saturated rings. The molecule has 0 aliphatic rings. The van der Waals surface area contributed by atoms with Gasteiger partial charge in [-0.3, -0.25) is 9.59 Å². The van der Waals surface area contributed by atoms with Crippen LogP contribution in [0.4, 0.5) is 5.69 Å². The lowest BCUT2D eigenvalue weighted by molar-refractivity contribution is -0.113. The minimum Gasteiger partial charge on any atom is -0.342 e. The first-order valence-electron chi connectivity index (χ1n) is 10.5. The van der Waals surface area contributed by atoms with Crippen LogP contribution in [0.1, 0.15) is 42.5 Å². The number of nitrogens with one attached hydrogen (secondary N) is 2. The number of hydrogen-bond donors (Lipinski definition) is 2. The second-order valence-electron chi connectivity index (χ2n) is 8.00. The average Bonchev–Trinajstić information content (AvgIpc) is 3.14. The van der Waals surface area contributed by atoms with Crippen LogP contribution in [-0.2, 0) is 11.8 Å². The first-order chi connectivity index (χ1) is 16.2. The third kappa shape index (κ3) is 6.88. The molecule has 7 nitrogen and oxygen atoms in total. The molecule has 0 unspecified atom stereocenters. The van der Waals surface area contributed by atoms with Crippen molar-refractivity contribution in [3.05, 3.63) is 68.9 Å². The molecule has 0 saturated heterocycles. The molecule has 0 bridgehead atoms. The van der Waals surface area contributed by atoms with Gasteiger partial charge in [-0.1, -0.05) is 72.5 Å². The lowest BCUT2D eigenvalue weighted by Gasteiger charge is -2.20. The third-order valence-electron chi connectivity index (χ3n) is 4.85. The van der Waals surface area contributed by atoms with Crippen LogP contribution in [0.3, 0.4) is 0 Å². The quantitative estimate of drug-likeness (QED) is 0.324. The molecule has 0 spiro atoms. The molecule has 0 aliphatic carbocycles. The summed E-state index contributed by atoms with van der Waals surface area (Å²) in [6.07, 6.45) is 0.653. The number of rotatable bonds is 9. The third-order valence-corrected chi connectivity index (χ3v) is 6.76. The van der Waals surface area contributed by atoms with E-state index in [1.807, 2.05) is 0 Å². The first kappa shape index (κ1) is 26.3. The highest BCUT2D eigenvalue weighted by molar-refractivity contribution is 7.99. The fourth-order valence-electron chi connectivity index (χ4n) is 3.25. The van der Waals surface area contributed by atoms with Gasteiger partial charge in [-0.05, 0) is 42.7 Å². The molecule has 0 radical (unpaired) electrons. The Morgan fingerprint density at radius 3 is 2.50 bits per heavy atom. The van der Waals surface area contributed by atoms with Crippen molar-refractivity contribution in [3.63, 3.8) is 0 Å². The lowest BCUT2D eigenvalue weighted by atomic mass is 10.0. The lowest BCUT2D eigenvalue weighted by Crippen LogP contribution is -2.31. The van der Waals surface area contributed by atoms with Crippen molar-refractivity contribution in [1.29, 1.82) is 0 Å². The predicted molar refractivity (Wildman–Crippen MR) is 138 cm³/mol. The minimum absolute atomic E-state index is 0.0929. The van der Waals surface area contributed by atoms with Gasteiger partial charge in [0.25, 0.3) is 5.91 Å². The summed E-state index contributed by atoms with van der Waals surface area (Å²) in [4.78, 5) is 25.3. The number of benzene rings is 2. The van der Waals surface area contributed by atoms with Crippen molar-refractivity contribution in [1.82, 2.24) is 20.1 Å². The molecule has 2 amide bonds. The van der Waals surface area contributed by atoms with Crippen molar-refractivity contribution in [3.8, 4) is 0 Å². The number of anilines is 1. The topological polar surface area (TPSA) is 88.9 Å². The highest BCUT2D eigenvalue weighted by atomic mass is 35.5. The zero-order valence-corrected chi connectivity index (χ0v) is 21.9. The molecule has 1 atom stereocenters. The fraction of sp³-hybridized carbons (Fsp3) is 0.304. The Hall–Kier alpha value is -2.26. The molecule has 11 heteroatoms. The molecule has 3 aromatic rings. The van der Waals surface area contributed by atoms with Gasteiger partial charge in [-0.25, -0.2) is 0 Å². The van der Waals surface area contributed by atoms with Crippen LogP contribution in [0.25, 0.3) is 0 Å². The maximum Gasteiger partial charge on any atom is 0.253 e. The normalized spacial score (nSPS) is 12.0. The SMILES string of the molecule is CC(C)C[C@H](NC(=O)c1ccccc1Cl)c1nnc(SCC(=O)Nc2cc(Cl)ccc2Cl)n1C. The second-order valence-corrected chi connectivity index (χ2v) is 10.2. The van der Waals surface area contributed by atoms with Crippen LogP contribution in [0.15, 0.2) is 47.6 Å². The summed E-state index contributed by atoms with van der Waals surface area (Å²) in [5.74, 6) is 0.429. The number of nitrogens with zero attached hydrogens (tertiary/aromatic N) is 3. The highest BCUT2D eigenvalue weighted by Gasteiger charge is 2.24. The van der Waals surface area contributed by atoms with Crippen molar-refractivity contribution in [2.45, 2.75) is 31.5 Å². The van der Waals surface area contributed by atoms with Crippen molar-refractivity contribution >= 4 is 64.1 Å². The Morgan fingerprint density at radius 2 is 1.79 bits per heavy atom. The van der Waals surface area contributed by atoms with Gasteiger partial charge in [0.2, 0.25) is 5.91 Å². The summed E-state index contributed by atoms with van der Waals surface area (Å²) in [6, 6.07) is 11.4. The Kier molecular flexibility index (Phi) is 9.24. The monoisotopic (exact) mass is 539 g/mol. The summed E-state index contributed by atoms with van der Waals surface area (Å²) < 4.78 is 1.78. The summed E-state index contributed by atoms with van der Waals surface area (Å²) in [5.41, 5.74) is 0.837. The van der Waals surface area contributed by atoms with Crippen molar-refractivity contribution in [2.75, 3.05) is 11.1 Å². The zero-order valence-electron chi connectivity index (χ0n) is 18.8. The van der Waals surface area contributed by atoms with E-state index in [2.05, 4.69) is 34.7 Å². The summed E-state index contributed by atoms with van der Waals surface area (Å²) in [5, 5.41) is 16.1. The van der Waals surface area contributed by atoms with Gasteiger partial charge in [-0.2, -0.15) is 0 Å². The number of carbonyl (C=O) groups is 2. The number of hydrogen-bond acceptors (Lipinski definition) is 5. The van der Waals surface area contributed by atoms with E-state index in [9.17, 15) is 9.59 Å². The van der Waals surface area contributed by atoms with E-state index in [1.165, 1.54) is 11.8 Å². The zero-order chi connectivity index (χ0) is 24.8. The Morgan fingerprint density at radius 1 is 1.06 bits per heavy atom.